The van der Waals surface area contributed by atoms with E-state index < -0.39 is 17.5 Å². The van der Waals surface area contributed by atoms with Crippen LogP contribution in [0.1, 0.15) is 23.0 Å². The molecule has 2 aromatic rings. The summed E-state index contributed by atoms with van der Waals surface area (Å²) in [6, 6.07) is 6.55. The number of halogens is 2. The van der Waals surface area contributed by atoms with Gasteiger partial charge in [-0.25, -0.2) is 13.8 Å². The number of anilines is 1. The third-order valence-electron chi connectivity index (χ3n) is 2.83. The molecule has 0 bridgehead atoms. The van der Waals surface area contributed by atoms with Gasteiger partial charge in [-0.3, -0.25) is 4.79 Å². The first-order valence-corrected chi connectivity index (χ1v) is 6.52. The van der Waals surface area contributed by atoms with Crippen molar-refractivity contribution in [2.24, 2.45) is 0 Å². The third-order valence-corrected chi connectivity index (χ3v) is 2.83. The zero-order valence-corrected chi connectivity index (χ0v) is 11.5. The topological polar surface area (TPSA) is 54.0 Å². The Morgan fingerprint density at radius 3 is 2.67 bits per heavy atom. The maximum atomic E-state index is 13.4. The molecule has 2 N–H and O–H groups in total. The van der Waals surface area contributed by atoms with Gasteiger partial charge in [-0.05, 0) is 25.1 Å². The van der Waals surface area contributed by atoms with Crippen LogP contribution in [0.4, 0.5) is 14.5 Å². The molecule has 1 heterocycles. The van der Waals surface area contributed by atoms with Gasteiger partial charge in [-0.2, -0.15) is 0 Å². The summed E-state index contributed by atoms with van der Waals surface area (Å²) < 4.78 is 26.2. The molecule has 0 radical (unpaired) electrons. The highest BCUT2D eigenvalue weighted by Gasteiger charge is 2.09. The molecular formula is C15H15F2N3O. The zero-order valence-electron chi connectivity index (χ0n) is 11.5. The van der Waals surface area contributed by atoms with Gasteiger partial charge in [0.1, 0.15) is 17.3 Å². The van der Waals surface area contributed by atoms with E-state index in [1.165, 1.54) is 6.07 Å². The van der Waals surface area contributed by atoms with Gasteiger partial charge in [0.05, 0.1) is 11.9 Å². The molecule has 0 aliphatic heterocycles. The highest BCUT2D eigenvalue weighted by atomic mass is 19.1. The summed E-state index contributed by atoms with van der Waals surface area (Å²) in [4.78, 5) is 15.9. The van der Waals surface area contributed by atoms with E-state index in [-0.39, 0.29) is 17.8 Å². The van der Waals surface area contributed by atoms with Crippen LogP contribution >= 0.6 is 0 Å². The Balaban J connectivity index is 1.98. The van der Waals surface area contributed by atoms with Crippen molar-refractivity contribution in [3.63, 3.8) is 0 Å². The molecule has 0 atom stereocenters. The van der Waals surface area contributed by atoms with Gasteiger partial charge in [0.25, 0.3) is 5.91 Å². The fraction of sp³-hybridized carbons (Fsp3) is 0.200. The molecule has 0 saturated carbocycles. The Morgan fingerprint density at radius 1 is 1.24 bits per heavy atom. The molecule has 21 heavy (non-hydrogen) atoms. The molecule has 0 saturated heterocycles. The van der Waals surface area contributed by atoms with E-state index in [2.05, 4.69) is 15.6 Å². The first kappa shape index (κ1) is 14.9. The first-order valence-electron chi connectivity index (χ1n) is 6.52. The normalized spacial score (nSPS) is 10.2. The predicted molar refractivity (Wildman–Crippen MR) is 75.9 cm³/mol. The van der Waals surface area contributed by atoms with Crippen molar-refractivity contribution in [2.45, 2.75) is 13.5 Å². The smallest absolute Gasteiger partial charge is 0.270 e. The van der Waals surface area contributed by atoms with E-state index in [4.69, 9.17) is 0 Å². The van der Waals surface area contributed by atoms with Crippen LogP contribution in [-0.4, -0.2) is 17.4 Å². The molecule has 0 aliphatic carbocycles. The van der Waals surface area contributed by atoms with E-state index in [1.54, 1.807) is 18.3 Å². The van der Waals surface area contributed by atoms with Gasteiger partial charge in [-0.15, -0.1) is 0 Å². The van der Waals surface area contributed by atoms with Crippen LogP contribution in [0.5, 0.6) is 0 Å². The number of carbonyl (C=O) groups excluding carboxylic acids is 1. The minimum Gasteiger partial charge on any atom is -0.384 e. The van der Waals surface area contributed by atoms with Gasteiger partial charge < -0.3 is 10.6 Å². The first-order chi connectivity index (χ1) is 10.1. The number of nitrogens with zero attached hydrogens (tertiary/aromatic N) is 1. The van der Waals surface area contributed by atoms with E-state index in [1.807, 2.05) is 6.92 Å². The molecule has 1 amide bonds. The Hall–Kier alpha value is -2.50. The monoisotopic (exact) mass is 291 g/mol. The number of amides is 1. The van der Waals surface area contributed by atoms with E-state index >= 15 is 0 Å². The highest BCUT2D eigenvalue weighted by molar-refractivity contribution is 5.92. The number of hydrogen-bond donors (Lipinski definition) is 2. The molecule has 4 nitrogen and oxygen atoms in total. The van der Waals surface area contributed by atoms with E-state index in [9.17, 15) is 13.6 Å². The van der Waals surface area contributed by atoms with Crippen LogP contribution < -0.4 is 10.6 Å². The summed E-state index contributed by atoms with van der Waals surface area (Å²) in [5.74, 6) is -1.75. The molecular weight excluding hydrogens is 276 g/mol. The number of nitrogens with one attached hydrogen (secondary N) is 2. The second-order valence-electron chi connectivity index (χ2n) is 4.38. The van der Waals surface area contributed by atoms with Crippen LogP contribution in [-0.2, 0) is 6.54 Å². The lowest BCUT2D eigenvalue weighted by molar-refractivity contribution is 0.0945. The Kier molecular flexibility index (Phi) is 4.81. The summed E-state index contributed by atoms with van der Waals surface area (Å²) in [7, 11) is 0. The number of hydrogen-bond acceptors (Lipinski definition) is 3. The number of pyridine rings is 1. The minimum atomic E-state index is -0.689. The van der Waals surface area contributed by atoms with E-state index in [0.717, 1.165) is 24.4 Å². The summed E-state index contributed by atoms with van der Waals surface area (Å²) in [6.45, 7) is 2.69. The molecule has 110 valence electrons. The summed E-state index contributed by atoms with van der Waals surface area (Å²) in [6.07, 6.45) is 1.55. The van der Waals surface area contributed by atoms with Crippen LogP contribution in [0.2, 0.25) is 0 Å². The van der Waals surface area contributed by atoms with Gasteiger partial charge in [0.15, 0.2) is 0 Å². The van der Waals surface area contributed by atoms with E-state index in [0.29, 0.717) is 0 Å². The Morgan fingerprint density at radius 2 is 2.05 bits per heavy atom. The Bertz CT molecular complexity index is 629. The lowest BCUT2D eigenvalue weighted by Crippen LogP contribution is -2.24. The average molecular weight is 291 g/mol. The molecule has 1 aromatic carbocycles. The quantitative estimate of drug-likeness (QED) is 0.890. The largest absolute Gasteiger partial charge is 0.384 e. The molecule has 2 rings (SSSR count). The van der Waals surface area contributed by atoms with Crippen molar-refractivity contribution in [1.82, 2.24) is 10.3 Å². The second kappa shape index (κ2) is 6.78. The third kappa shape index (κ3) is 3.98. The standard InChI is InChI=1S/C15H15F2N3O/c1-2-18-12-5-6-14(19-9-12)15(21)20-8-10-3-4-11(16)7-13(10)17/h3-7,9,18H,2,8H2,1H3,(H,20,21). The maximum Gasteiger partial charge on any atom is 0.270 e. The van der Waals surface area contributed by atoms with Crippen LogP contribution in [0.15, 0.2) is 36.5 Å². The number of benzene rings is 1. The zero-order chi connectivity index (χ0) is 15.2. The Labute approximate surface area is 121 Å². The van der Waals surface area contributed by atoms with Crippen molar-refractivity contribution in [3.8, 4) is 0 Å². The molecule has 6 heteroatoms. The van der Waals surface area contributed by atoms with Crippen molar-refractivity contribution >= 4 is 11.6 Å². The summed E-state index contributed by atoms with van der Waals surface area (Å²) >= 11 is 0. The average Bonchev–Trinajstić information content (AvgIpc) is 2.47. The van der Waals surface area contributed by atoms with Crippen LogP contribution in [0, 0.1) is 11.6 Å². The minimum absolute atomic E-state index is 0.0262. The number of carbonyl (C=O) groups is 1. The van der Waals surface area contributed by atoms with Crippen molar-refractivity contribution in [2.75, 3.05) is 11.9 Å². The van der Waals surface area contributed by atoms with Crippen molar-refractivity contribution < 1.29 is 13.6 Å². The molecule has 0 spiro atoms. The molecule has 1 aromatic heterocycles. The van der Waals surface area contributed by atoms with Gasteiger partial charge >= 0.3 is 0 Å². The van der Waals surface area contributed by atoms with Gasteiger partial charge in [0, 0.05) is 24.7 Å². The molecule has 0 unspecified atom stereocenters. The molecule has 0 aliphatic rings. The van der Waals surface area contributed by atoms with Crippen molar-refractivity contribution in [1.29, 1.82) is 0 Å². The number of aromatic nitrogens is 1. The van der Waals surface area contributed by atoms with Gasteiger partial charge in [0.2, 0.25) is 0 Å². The SMILES string of the molecule is CCNc1ccc(C(=O)NCc2ccc(F)cc2F)nc1. The fourth-order valence-corrected chi connectivity index (χ4v) is 1.77. The summed E-state index contributed by atoms with van der Waals surface area (Å²) in [5.41, 5.74) is 1.27. The van der Waals surface area contributed by atoms with Crippen LogP contribution in [0.25, 0.3) is 0 Å². The van der Waals surface area contributed by atoms with Crippen LogP contribution in [0.3, 0.4) is 0 Å². The lowest BCUT2D eigenvalue weighted by Gasteiger charge is -2.07. The second-order valence-corrected chi connectivity index (χ2v) is 4.38. The maximum absolute atomic E-state index is 13.4. The molecule has 0 fully saturated rings. The van der Waals surface area contributed by atoms with Gasteiger partial charge in [-0.1, -0.05) is 6.07 Å². The fourth-order valence-electron chi connectivity index (χ4n) is 1.77. The number of rotatable bonds is 5. The highest BCUT2D eigenvalue weighted by Crippen LogP contribution is 2.10. The predicted octanol–water partition coefficient (Wildman–Crippen LogP) is 2.72. The summed E-state index contributed by atoms with van der Waals surface area (Å²) in [5, 5.41) is 5.61. The lowest BCUT2D eigenvalue weighted by atomic mass is 10.2. The van der Waals surface area contributed by atoms with Crippen molar-refractivity contribution in [3.05, 3.63) is 59.4 Å².